The van der Waals surface area contributed by atoms with Crippen LogP contribution in [0, 0.1) is 0 Å². The normalized spacial score (nSPS) is 15.2. The molecule has 0 aliphatic carbocycles. The van der Waals surface area contributed by atoms with Gasteiger partial charge in [-0.15, -0.1) is 0 Å². The molecule has 0 rings (SSSR count). The van der Waals surface area contributed by atoms with Crippen LogP contribution >= 0.6 is 0 Å². The Morgan fingerprint density at radius 2 is 1.31 bits per heavy atom. The van der Waals surface area contributed by atoms with Crippen molar-refractivity contribution in [3.8, 4) is 0 Å². The Morgan fingerprint density at radius 3 is 1.31 bits per heavy atom. The summed E-state index contributed by atoms with van der Waals surface area (Å²) in [5.41, 5.74) is 0. The molecular weight excluding hydrogens is 168 g/mol. The predicted octanol–water partition coefficient (Wildman–Crippen LogP) is 0.163. The molecule has 2 N–H and O–H groups in total. The summed E-state index contributed by atoms with van der Waals surface area (Å²) in [7, 11) is 7.36. The molecule has 0 radical (unpaired) electrons. The highest BCUT2D eigenvalue weighted by Gasteiger charge is 1.99. The first-order valence-corrected chi connectivity index (χ1v) is 4.51. The fourth-order valence-electron chi connectivity index (χ4n) is 0.365. The molecule has 13 heavy (non-hydrogen) atoms. The van der Waals surface area contributed by atoms with E-state index in [-0.39, 0.29) is 12.5 Å². The number of hydrogen-bond acceptors (Lipinski definition) is 4. The van der Waals surface area contributed by atoms with E-state index in [1.54, 1.807) is 16.7 Å². The lowest BCUT2D eigenvalue weighted by molar-refractivity contribution is 0.0377. The second-order valence-corrected chi connectivity index (χ2v) is 3.45. The Bertz CT molecular complexity index is 99.8. The monoisotopic (exact) mass is 192 g/mol. The van der Waals surface area contributed by atoms with Crippen LogP contribution in [0.4, 0.5) is 0 Å². The van der Waals surface area contributed by atoms with E-state index in [1.165, 1.54) is 0 Å². The van der Waals surface area contributed by atoms with Gasteiger partial charge < -0.3 is 10.2 Å². The highest BCUT2D eigenvalue weighted by molar-refractivity contribution is 4.43. The number of rotatable bonds is 3. The third kappa shape index (κ3) is 11.8. The first-order chi connectivity index (χ1) is 5.82. The zero-order chi connectivity index (χ0) is 11.0. The highest BCUT2D eigenvalue weighted by atomic mass is 16.3. The van der Waals surface area contributed by atoms with E-state index in [0.717, 1.165) is 6.42 Å². The molecule has 4 heteroatoms. The number of hydrogen-bond donors (Lipinski definition) is 2. The molecule has 0 fully saturated rings. The van der Waals surface area contributed by atoms with Crippen LogP contribution in [0.5, 0.6) is 0 Å². The van der Waals surface area contributed by atoms with Crippen molar-refractivity contribution in [3.05, 3.63) is 0 Å². The molecule has 0 saturated heterocycles. The summed E-state index contributed by atoms with van der Waals surface area (Å²) < 4.78 is 0. The van der Waals surface area contributed by atoms with Gasteiger partial charge in [0.1, 0.15) is 12.5 Å². The van der Waals surface area contributed by atoms with Crippen LogP contribution < -0.4 is 0 Å². The summed E-state index contributed by atoms with van der Waals surface area (Å²) in [6, 6.07) is 0. The molecule has 0 aromatic heterocycles. The summed E-state index contributed by atoms with van der Waals surface area (Å²) in [5.74, 6) is 0. The smallest absolute Gasteiger partial charge is 0.106 e. The number of aliphatic hydroxyl groups excluding tert-OH is 2. The number of nitrogens with zero attached hydrogens (tertiary/aromatic N) is 2. The van der Waals surface area contributed by atoms with Crippen molar-refractivity contribution in [1.82, 2.24) is 9.80 Å². The maximum atomic E-state index is 8.86. The van der Waals surface area contributed by atoms with Gasteiger partial charge in [0.25, 0.3) is 0 Å². The Labute approximate surface area is 81.8 Å². The van der Waals surface area contributed by atoms with Crippen LogP contribution in [0.3, 0.4) is 0 Å². The molecule has 0 saturated carbocycles. The molecule has 0 bridgehead atoms. The first-order valence-electron chi connectivity index (χ1n) is 4.51. The van der Waals surface area contributed by atoms with Gasteiger partial charge in [-0.1, -0.05) is 6.92 Å². The van der Waals surface area contributed by atoms with Gasteiger partial charge in [-0.2, -0.15) is 0 Å². The van der Waals surface area contributed by atoms with E-state index in [0.29, 0.717) is 0 Å². The average molecular weight is 192 g/mol. The summed E-state index contributed by atoms with van der Waals surface area (Å²) in [6.45, 7) is 3.67. The quantitative estimate of drug-likeness (QED) is 0.626. The Morgan fingerprint density at radius 1 is 1.00 bits per heavy atom. The summed E-state index contributed by atoms with van der Waals surface area (Å²) >= 11 is 0. The van der Waals surface area contributed by atoms with Gasteiger partial charge in [0.2, 0.25) is 0 Å². The Kier molecular flexibility index (Phi) is 9.94. The number of aliphatic hydroxyl groups is 2. The molecule has 0 spiro atoms. The van der Waals surface area contributed by atoms with Crippen molar-refractivity contribution in [2.75, 3.05) is 28.2 Å². The van der Waals surface area contributed by atoms with Crippen LogP contribution in [0.1, 0.15) is 20.3 Å². The molecule has 2 unspecified atom stereocenters. The Balaban J connectivity index is 0. The molecule has 0 aromatic carbocycles. The van der Waals surface area contributed by atoms with E-state index in [4.69, 9.17) is 10.2 Å². The minimum Gasteiger partial charge on any atom is -0.379 e. The zero-order valence-corrected chi connectivity index (χ0v) is 9.65. The predicted molar refractivity (Wildman–Crippen MR) is 55.4 cm³/mol. The van der Waals surface area contributed by atoms with Crippen molar-refractivity contribution in [3.63, 3.8) is 0 Å². The van der Waals surface area contributed by atoms with Gasteiger partial charge >= 0.3 is 0 Å². The standard InChI is InChI=1S/C5H13NO.C4H11NO/c1-4-5(7)6(2)3;1-4(6)5(2)3/h5,7H,4H2,1-3H3;4,6H,1-3H3. The third-order valence-corrected chi connectivity index (χ3v) is 1.71. The van der Waals surface area contributed by atoms with Gasteiger partial charge in [0.05, 0.1) is 0 Å². The van der Waals surface area contributed by atoms with Gasteiger partial charge in [-0.3, -0.25) is 9.80 Å². The van der Waals surface area contributed by atoms with Gasteiger partial charge in [0, 0.05) is 0 Å². The molecule has 4 nitrogen and oxygen atoms in total. The summed E-state index contributed by atoms with van der Waals surface area (Å²) in [4.78, 5) is 3.50. The second kappa shape index (κ2) is 8.44. The van der Waals surface area contributed by atoms with E-state index < -0.39 is 0 Å². The molecule has 0 heterocycles. The van der Waals surface area contributed by atoms with E-state index in [1.807, 2.05) is 35.1 Å². The lowest BCUT2D eigenvalue weighted by Crippen LogP contribution is -2.26. The molecule has 0 aliphatic heterocycles. The van der Waals surface area contributed by atoms with Gasteiger partial charge in [-0.05, 0) is 41.5 Å². The highest BCUT2D eigenvalue weighted by Crippen LogP contribution is 1.90. The maximum Gasteiger partial charge on any atom is 0.106 e. The summed E-state index contributed by atoms with van der Waals surface area (Å²) in [6.07, 6.45) is 0.220. The first kappa shape index (κ1) is 15.3. The molecule has 2 atom stereocenters. The van der Waals surface area contributed by atoms with Crippen molar-refractivity contribution in [2.24, 2.45) is 0 Å². The van der Waals surface area contributed by atoms with Crippen molar-refractivity contribution >= 4 is 0 Å². The molecule has 0 aliphatic rings. The molecule has 0 aromatic rings. The minimum absolute atomic E-state index is 0.264. The van der Waals surface area contributed by atoms with Crippen LogP contribution in [-0.2, 0) is 0 Å². The van der Waals surface area contributed by atoms with Crippen LogP contribution in [-0.4, -0.2) is 60.7 Å². The van der Waals surface area contributed by atoms with Crippen molar-refractivity contribution in [1.29, 1.82) is 0 Å². The average Bonchev–Trinajstić information content (AvgIpc) is 2.03. The zero-order valence-electron chi connectivity index (χ0n) is 9.65. The van der Waals surface area contributed by atoms with Gasteiger partial charge in [0.15, 0.2) is 0 Å². The van der Waals surface area contributed by atoms with E-state index in [2.05, 4.69) is 0 Å². The maximum absolute atomic E-state index is 8.86. The van der Waals surface area contributed by atoms with E-state index in [9.17, 15) is 0 Å². The summed E-state index contributed by atoms with van der Waals surface area (Å²) in [5, 5.41) is 17.4. The lowest BCUT2D eigenvalue weighted by atomic mass is 10.4. The van der Waals surface area contributed by atoms with E-state index >= 15 is 0 Å². The van der Waals surface area contributed by atoms with Crippen molar-refractivity contribution in [2.45, 2.75) is 32.7 Å². The van der Waals surface area contributed by atoms with Crippen LogP contribution in [0.2, 0.25) is 0 Å². The second-order valence-electron chi connectivity index (χ2n) is 3.45. The fourth-order valence-corrected chi connectivity index (χ4v) is 0.365. The molecule has 82 valence electrons. The Hall–Kier alpha value is -0.160. The fraction of sp³-hybridized carbons (Fsp3) is 1.00. The largest absolute Gasteiger partial charge is 0.379 e. The van der Waals surface area contributed by atoms with Crippen LogP contribution in [0.15, 0.2) is 0 Å². The minimum atomic E-state index is -0.315. The molecular formula is C9H24N2O2. The SMILES string of the molecule is CC(O)N(C)C.CCC(O)N(C)C. The lowest BCUT2D eigenvalue weighted by Gasteiger charge is -2.15. The van der Waals surface area contributed by atoms with Crippen LogP contribution in [0.25, 0.3) is 0 Å². The topological polar surface area (TPSA) is 46.9 Å². The van der Waals surface area contributed by atoms with Crippen molar-refractivity contribution < 1.29 is 10.2 Å². The molecule has 0 amide bonds. The third-order valence-electron chi connectivity index (χ3n) is 1.71. The van der Waals surface area contributed by atoms with Gasteiger partial charge in [-0.25, -0.2) is 0 Å².